The van der Waals surface area contributed by atoms with Crippen LogP contribution in [0.4, 0.5) is 0 Å². The van der Waals surface area contributed by atoms with Crippen LogP contribution in [0.3, 0.4) is 0 Å². The number of amides is 1. The molecule has 25 heavy (non-hydrogen) atoms. The van der Waals surface area contributed by atoms with Gasteiger partial charge in [0.05, 0.1) is 6.61 Å². The number of aliphatic carboxylic acids is 1. The van der Waals surface area contributed by atoms with E-state index in [1.807, 2.05) is 30.5 Å². The Morgan fingerprint density at radius 1 is 1.24 bits per heavy atom. The van der Waals surface area contributed by atoms with E-state index >= 15 is 0 Å². The van der Waals surface area contributed by atoms with Gasteiger partial charge in [0, 0.05) is 36.4 Å². The molecule has 0 bridgehead atoms. The Morgan fingerprint density at radius 3 is 2.72 bits per heavy atom. The monoisotopic (exact) mass is 346 g/mol. The Morgan fingerprint density at radius 2 is 2.00 bits per heavy atom. The molecule has 1 atom stereocenters. The number of esters is 1. The molecule has 3 N–H and O–H groups in total. The van der Waals surface area contributed by atoms with E-state index < -0.39 is 18.0 Å². The molecule has 0 fully saturated rings. The molecule has 134 valence electrons. The van der Waals surface area contributed by atoms with Gasteiger partial charge in [-0.2, -0.15) is 0 Å². The summed E-state index contributed by atoms with van der Waals surface area (Å²) < 4.78 is 5.05. The van der Waals surface area contributed by atoms with Crippen molar-refractivity contribution in [3.8, 4) is 0 Å². The molecular weight excluding hydrogens is 324 g/mol. The minimum atomic E-state index is -0.950. The third kappa shape index (κ3) is 5.34. The molecule has 7 heteroatoms. The van der Waals surface area contributed by atoms with Crippen LogP contribution in [0.2, 0.25) is 0 Å². The maximum atomic E-state index is 12.2. The van der Waals surface area contributed by atoms with Crippen LogP contribution in [-0.4, -0.2) is 40.6 Å². The number of hydrogen-bond acceptors (Lipinski definition) is 4. The van der Waals surface area contributed by atoms with Crippen molar-refractivity contribution < 1.29 is 24.2 Å². The van der Waals surface area contributed by atoms with Gasteiger partial charge in [-0.15, -0.1) is 0 Å². The Hall–Kier alpha value is -2.83. The van der Waals surface area contributed by atoms with Crippen molar-refractivity contribution in [1.82, 2.24) is 10.3 Å². The topological polar surface area (TPSA) is 108 Å². The summed E-state index contributed by atoms with van der Waals surface area (Å²) in [6, 6.07) is 6.89. The van der Waals surface area contributed by atoms with E-state index in [9.17, 15) is 14.4 Å². The fourth-order valence-electron chi connectivity index (χ4n) is 2.62. The van der Waals surface area contributed by atoms with Crippen LogP contribution in [0.15, 0.2) is 30.5 Å². The molecular formula is C18H22N2O5. The Kier molecular flexibility index (Phi) is 6.56. The van der Waals surface area contributed by atoms with E-state index in [0.717, 1.165) is 16.5 Å². The third-order valence-electron chi connectivity index (χ3n) is 3.80. The van der Waals surface area contributed by atoms with Crippen LogP contribution in [0.5, 0.6) is 0 Å². The predicted molar refractivity (Wildman–Crippen MR) is 92.1 cm³/mol. The zero-order valence-electron chi connectivity index (χ0n) is 14.1. The average molecular weight is 346 g/mol. The van der Waals surface area contributed by atoms with E-state index in [0.29, 0.717) is 6.42 Å². The minimum absolute atomic E-state index is 0.0517. The molecule has 1 aromatic heterocycles. The molecule has 0 aliphatic heterocycles. The highest BCUT2D eigenvalue weighted by molar-refractivity contribution is 5.87. The fraction of sp³-hybridized carbons (Fsp3) is 0.389. The summed E-state index contributed by atoms with van der Waals surface area (Å²) in [6.07, 6.45) is 2.31. The van der Waals surface area contributed by atoms with Gasteiger partial charge in [0.2, 0.25) is 5.91 Å². The molecule has 1 amide bonds. The standard InChI is InChI=1S/C18H22N2O5/c1-2-25-18(24)15(20-16(21)8-5-9-17(22)23)10-12-11-19-14-7-4-3-6-13(12)14/h3-4,6-7,11,15,19H,2,5,8-10H2,1H3,(H,20,21)(H,22,23). The summed E-state index contributed by atoms with van der Waals surface area (Å²) in [5.74, 6) is -1.81. The molecule has 0 aliphatic carbocycles. The number of H-pyrrole nitrogens is 1. The van der Waals surface area contributed by atoms with Gasteiger partial charge in [0.25, 0.3) is 0 Å². The Labute approximate surface area is 145 Å². The number of hydrogen-bond donors (Lipinski definition) is 3. The molecule has 2 rings (SSSR count). The normalized spacial score (nSPS) is 11.9. The van der Waals surface area contributed by atoms with Crippen LogP contribution in [0.25, 0.3) is 10.9 Å². The van der Waals surface area contributed by atoms with E-state index in [4.69, 9.17) is 9.84 Å². The number of carbonyl (C=O) groups excluding carboxylic acids is 2. The van der Waals surface area contributed by atoms with E-state index in [1.165, 1.54) is 0 Å². The minimum Gasteiger partial charge on any atom is -0.481 e. The first-order valence-corrected chi connectivity index (χ1v) is 8.24. The number of rotatable bonds is 9. The van der Waals surface area contributed by atoms with Crippen molar-refractivity contribution in [2.75, 3.05) is 6.61 Å². The number of carbonyl (C=O) groups is 3. The summed E-state index contributed by atoms with van der Waals surface area (Å²) in [5.41, 5.74) is 1.85. The summed E-state index contributed by atoms with van der Waals surface area (Å²) >= 11 is 0. The van der Waals surface area contributed by atoms with Crippen molar-refractivity contribution in [3.05, 3.63) is 36.0 Å². The number of para-hydroxylation sites is 1. The van der Waals surface area contributed by atoms with Crippen molar-refractivity contribution in [2.45, 2.75) is 38.6 Å². The number of aromatic amines is 1. The largest absolute Gasteiger partial charge is 0.481 e. The SMILES string of the molecule is CCOC(=O)C(Cc1c[nH]c2ccccc12)NC(=O)CCCC(=O)O. The van der Waals surface area contributed by atoms with Gasteiger partial charge in [0.1, 0.15) is 6.04 Å². The summed E-state index contributed by atoms with van der Waals surface area (Å²) in [7, 11) is 0. The highest BCUT2D eigenvalue weighted by Gasteiger charge is 2.23. The number of aromatic nitrogens is 1. The first kappa shape index (κ1) is 18.5. The van der Waals surface area contributed by atoms with Crippen molar-refractivity contribution in [3.63, 3.8) is 0 Å². The summed E-state index contributed by atoms with van der Waals surface area (Å²) in [5, 5.41) is 12.3. The molecule has 0 radical (unpaired) electrons. The van der Waals surface area contributed by atoms with Gasteiger partial charge in [-0.1, -0.05) is 18.2 Å². The lowest BCUT2D eigenvalue weighted by Gasteiger charge is -2.17. The molecule has 1 unspecified atom stereocenters. The van der Waals surface area contributed by atoms with Gasteiger partial charge in [-0.25, -0.2) is 4.79 Å². The number of ether oxygens (including phenoxy) is 1. The van der Waals surface area contributed by atoms with Gasteiger partial charge >= 0.3 is 11.9 Å². The maximum absolute atomic E-state index is 12.2. The van der Waals surface area contributed by atoms with Crippen molar-refractivity contribution in [1.29, 1.82) is 0 Å². The zero-order valence-corrected chi connectivity index (χ0v) is 14.1. The van der Waals surface area contributed by atoms with Crippen molar-refractivity contribution in [2.24, 2.45) is 0 Å². The fourth-order valence-corrected chi connectivity index (χ4v) is 2.62. The lowest BCUT2D eigenvalue weighted by molar-refractivity contribution is -0.147. The van der Waals surface area contributed by atoms with Gasteiger partial charge < -0.3 is 20.1 Å². The predicted octanol–water partition coefficient (Wildman–Crippen LogP) is 2.01. The number of carboxylic acid groups (broad SMARTS) is 1. The number of nitrogens with one attached hydrogen (secondary N) is 2. The molecule has 7 nitrogen and oxygen atoms in total. The number of carboxylic acids is 1. The molecule has 1 aromatic carbocycles. The molecule has 0 aliphatic rings. The molecule has 0 saturated heterocycles. The Balaban J connectivity index is 2.06. The first-order valence-electron chi connectivity index (χ1n) is 8.24. The molecule has 1 heterocycles. The zero-order chi connectivity index (χ0) is 18.2. The second-order valence-corrected chi connectivity index (χ2v) is 5.68. The van der Waals surface area contributed by atoms with Crippen LogP contribution < -0.4 is 5.32 Å². The van der Waals surface area contributed by atoms with E-state index in [1.54, 1.807) is 6.92 Å². The van der Waals surface area contributed by atoms with Crippen LogP contribution >= 0.6 is 0 Å². The number of benzene rings is 1. The maximum Gasteiger partial charge on any atom is 0.328 e. The van der Waals surface area contributed by atoms with E-state index in [2.05, 4.69) is 10.3 Å². The van der Waals surface area contributed by atoms with Gasteiger partial charge in [-0.3, -0.25) is 9.59 Å². The van der Waals surface area contributed by atoms with Gasteiger partial charge in [-0.05, 0) is 25.0 Å². The molecule has 0 spiro atoms. The third-order valence-corrected chi connectivity index (χ3v) is 3.80. The smallest absolute Gasteiger partial charge is 0.328 e. The quantitative estimate of drug-likeness (QED) is 0.602. The van der Waals surface area contributed by atoms with Crippen LogP contribution in [-0.2, 0) is 25.5 Å². The second kappa shape index (κ2) is 8.86. The highest BCUT2D eigenvalue weighted by atomic mass is 16.5. The lowest BCUT2D eigenvalue weighted by atomic mass is 10.0. The lowest BCUT2D eigenvalue weighted by Crippen LogP contribution is -2.43. The van der Waals surface area contributed by atoms with Gasteiger partial charge in [0.15, 0.2) is 0 Å². The van der Waals surface area contributed by atoms with E-state index in [-0.39, 0.29) is 31.8 Å². The highest BCUT2D eigenvalue weighted by Crippen LogP contribution is 2.19. The molecule has 2 aromatic rings. The van der Waals surface area contributed by atoms with Crippen LogP contribution in [0, 0.1) is 0 Å². The van der Waals surface area contributed by atoms with Crippen LogP contribution in [0.1, 0.15) is 31.7 Å². The number of fused-ring (bicyclic) bond motifs is 1. The summed E-state index contributed by atoms with van der Waals surface area (Å²) in [4.78, 5) is 37.9. The molecule has 0 saturated carbocycles. The average Bonchev–Trinajstić information content (AvgIpc) is 2.97. The first-order chi connectivity index (χ1) is 12.0. The second-order valence-electron chi connectivity index (χ2n) is 5.68. The Bertz CT molecular complexity index is 753. The summed E-state index contributed by atoms with van der Waals surface area (Å²) in [6.45, 7) is 1.92. The van der Waals surface area contributed by atoms with Crippen molar-refractivity contribution >= 4 is 28.7 Å².